The maximum atomic E-state index is 13.5. The van der Waals surface area contributed by atoms with Crippen LogP contribution in [0.3, 0.4) is 0 Å². The first-order valence-electron chi connectivity index (χ1n) is 14.6. The quantitative estimate of drug-likeness (QED) is 0.151. The van der Waals surface area contributed by atoms with Crippen molar-refractivity contribution in [1.82, 2.24) is 21.3 Å². The van der Waals surface area contributed by atoms with E-state index in [0.29, 0.717) is 38.0 Å². The number of ether oxygens (including phenoxy) is 3. The van der Waals surface area contributed by atoms with Crippen molar-refractivity contribution in [2.24, 2.45) is 5.92 Å². The second-order valence-corrected chi connectivity index (χ2v) is 10.6. The second kappa shape index (κ2) is 19.1. The highest BCUT2D eigenvalue weighted by Crippen LogP contribution is 2.14. The molecule has 43 heavy (non-hydrogen) atoms. The lowest BCUT2D eigenvalue weighted by Gasteiger charge is -2.27. The molecule has 0 aromatic heterocycles. The summed E-state index contributed by atoms with van der Waals surface area (Å²) >= 11 is 0. The van der Waals surface area contributed by atoms with Gasteiger partial charge in [-0.3, -0.25) is 19.7 Å². The molecule has 11 nitrogen and oxygen atoms in total. The second-order valence-electron chi connectivity index (χ2n) is 10.6. The molecule has 0 aliphatic rings. The summed E-state index contributed by atoms with van der Waals surface area (Å²) in [7, 11) is 4.40. The number of likely N-dealkylation sites (N-methyl/N-ethyl adjacent to an activating group) is 1. The highest BCUT2D eigenvalue weighted by Gasteiger charge is 2.30. The van der Waals surface area contributed by atoms with E-state index in [-0.39, 0.29) is 30.8 Å². The molecule has 0 bridgehead atoms. The topological polar surface area (TPSA) is 144 Å². The molecule has 0 aliphatic carbocycles. The number of rotatable bonds is 18. The zero-order valence-electron chi connectivity index (χ0n) is 25.8. The number of alkyl carbamates (subject to hydrolysis) is 1. The zero-order chi connectivity index (χ0) is 31.6. The first-order valence-corrected chi connectivity index (χ1v) is 14.6. The number of benzene rings is 2. The largest absolute Gasteiger partial charge is 0.497 e. The van der Waals surface area contributed by atoms with E-state index in [9.17, 15) is 19.2 Å². The van der Waals surface area contributed by atoms with E-state index in [1.54, 1.807) is 19.2 Å². The van der Waals surface area contributed by atoms with Gasteiger partial charge in [-0.15, -0.1) is 0 Å². The van der Waals surface area contributed by atoms with E-state index in [0.717, 1.165) is 11.1 Å². The fraction of sp³-hybridized carbons (Fsp3) is 0.500. The lowest BCUT2D eigenvalue weighted by Crippen LogP contribution is -2.56. The number of hydrogen-bond acceptors (Lipinski definition) is 8. The lowest BCUT2D eigenvalue weighted by molar-refractivity contribution is -0.144. The van der Waals surface area contributed by atoms with Crippen LogP contribution in [0.4, 0.5) is 4.79 Å². The first-order chi connectivity index (χ1) is 20.7. The van der Waals surface area contributed by atoms with Crippen LogP contribution in [0, 0.1) is 5.92 Å². The van der Waals surface area contributed by atoms with Gasteiger partial charge in [0.05, 0.1) is 20.3 Å². The Balaban J connectivity index is 1.95. The number of unbranched alkanes of at least 4 members (excludes halogenated alkanes) is 1. The monoisotopic (exact) mass is 598 g/mol. The Hall–Kier alpha value is -4.12. The molecular formula is C32H46N4O7. The van der Waals surface area contributed by atoms with Gasteiger partial charge >= 0.3 is 12.1 Å². The van der Waals surface area contributed by atoms with Crippen LogP contribution in [0.25, 0.3) is 0 Å². The minimum absolute atomic E-state index is 0.132. The number of carbonyl (C=O) groups is 4. The van der Waals surface area contributed by atoms with Crippen LogP contribution in [0.5, 0.6) is 5.75 Å². The Morgan fingerprint density at radius 2 is 1.51 bits per heavy atom. The van der Waals surface area contributed by atoms with Crippen molar-refractivity contribution in [1.29, 1.82) is 0 Å². The van der Waals surface area contributed by atoms with Crippen LogP contribution in [0.1, 0.15) is 50.7 Å². The van der Waals surface area contributed by atoms with Gasteiger partial charge in [-0.25, -0.2) is 4.79 Å². The maximum Gasteiger partial charge on any atom is 0.407 e. The predicted octanol–water partition coefficient (Wildman–Crippen LogP) is 3.11. The van der Waals surface area contributed by atoms with E-state index in [2.05, 4.69) is 21.3 Å². The molecule has 0 aliphatic heterocycles. The SMILES string of the molecule is CNC(=O)[C@H](Cc1ccc(OC)cc1)NC(=O)[C@H](CC(C)C)N[C@H](CCCCNC(=O)OCc1ccccc1)C(=O)OC. The minimum atomic E-state index is -0.813. The number of esters is 1. The van der Waals surface area contributed by atoms with Gasteiger partial charge in [-0.05, 0) is 54.9 Å². The average molecular weight is 599 g/mol. The van der Waals surface area contributed by atoms with Crippen LogP contribution in [0.2, 0.25) is 0 Å². The van der Waals surface area contributed by atoms with E-state index in [4.69, 9.17) is 14.2 Å². The Morgan fingerprint density at radius 1 is 0.814 bits per heavy atom. The molecule has 4 N–H and O–H groups in total. The smallest absolute Gasteiger partial charge is 0.407 e. The van der Waals surface area contributed by atoms with E-state index in [1.165, 1.54) is 14.2 Å². The molecule has 0 heterocycles. The normalized spacial score (nSPS) is 12.9. The van der Waals surface area contributed by atoms with Crippen molar-refractivity contribution in [3.63, 3.8) is 0 Å². The third-order valence-corrected chi connectivity index (χ3v) is 6.79. The van der Waals surface area contributed by atoms with Crippen LogP contribution in [0.15, 0.2) is 54.6 Å². The predicted molar refractivity (Wildman–Crippen MR) is 163 cm³/mol. The molecule has 11 heteroatoms. The number of carbonyl (C=O) groups excluding carboxylic acids is 4. The van der Waals surface area contributed by atoms with Gasteiger partial charge in [0, 0.05) is 20.0 Å². The summed E-state index contributed by atoms with van der Waals surface area (Å²) in [5.41, 5.74) is 1.75. The van der Waals surface area contributed by atoms with E-state index < -0.39 is 30.2 Å². The summed E-state index contributed by atoms with van der Waals surface area (Å²) in [5, 5.41) is 11.4. The van der Waals surface area contributed by atoms with Crippen molar-refractivity contribution >= 4 is 23.9 Å². The number of amides is 3. The third kappa shape index (κ3) is 13.2. The van der Waals surface area contributed by atoms with Crippen LogP contribution in [-0.2, 0) is 36.9 Å². The molecule has 2 aromatic carbocycles. The number of hydrogen-bond donors (Lipinski definition) is 4. The van der Waals surface area contributed by atoms with Gasteiger partial charge in [0.1, 0.15) is 24.4 Å². The number of nitrogens with one attached hydrogen (secondary N) is 4. The van der Waals surface area contributed by atoms with Gasteiger partial charge < -0.3 is 30.2 Å². The molecule has 0 saturated heterocycles. The lowest BCUT2D eigenvalue weighted by atomic mass is 9.99. The van der Waals surface area contributed by atoms with E-state index in [1.807, 2.05) is 56.3 Å². The Labute approximate surface area is 254 Å². The van der Waals surface area contributed by atoms with E-state index >= 15 is 0 Å². The Morgan fingerprint density at radius 3 is 2.12 bits per heavy atom. The van der Waals surface area contributed by atoms with Crippen molar-refractivity contribution in [2.75, 3.05) is 27.8 Å². The standard InChI is InChI=1S/C32H46N4O7/c1-22(2)19-27(30(38)36-28(29(37)33-3)20-23-14-16-25(41-4)17-15-23)35-26(31(39)42-5)13-9-10-18-34-32(40)43-21-24-11-7-6-8-12-24/h6-8,11-12,14-17,22,26-28,35H,9-10,13,18-21H2,1-5H3,(H,33,37)(H,34,40)(H,36,38)/t26-,27+,28+/m1/s1. The van der Waals surface area contributed by atoms with Gasteiger partial charge in [-0.2, -0.15) is 0 Å². The molecule has 0 fully saturated rings. The number of methoxy groups -OCH3 is 2. The molecule has 0 unspecified atom stereocenters. The Bertz CT molecular complexity index is 1140. The van der Waals surface area contributed by atoms with Crippen LogP contribution >= 0.6 is 0 Å². The molecule has 3 atom stereocenters. The molecule has 0 saturated carbocycles. The molecule has 236 valence electrons. The molecule has 2 aromatic rings. The molecule has 2 rings (SSSR count). The minimum Gasteiger partial charge on any atom is -0.497 e. The summed E-state index contributed by atoms with van der Waals surface area (Å²) < 4.78 is 15.4. The average Bonchev–Trinajstić information content (AvgIpc) is 3.01. The Kier molecular flexibility index (Phi) is 15.6. The third-order valence-electron chi connectivity index (χ3n) is 6.79. The van der Waals surface area contributed by atoms with Gasteiger partial charge in [-0.1, -0.05) is 56.3 Å². The highest BCUT2D eigenvalue weighted by molar-refractivity contribution is 5.90. The zero-order valence-corrected chi connectivity index (χ0v) is 25.8. The molecule has 0 spiro atoms. The van der Waals surface area contributed by atoms with Crippen LogP contribution < -0.4 is 26.0 Å². The van der Waals surface area contributed by atoms with Crippen molar-refractivity contribution in [3.8, 4) is 5.75 Å². The molecule has 0 radical (unpaired) electrons. The first kappa shape index (κ1) is 35.1. The highest BCUT2D eigenvalue weighted by atomic mass is 16.5. The van der Waals surface area contributed by atoms with Crippen LogP contribution in [-0.4, -0.2) is 69.8 Å². The summed E-state index contributed by atoms with van der Waals surface area (Å²) in [5.74, 6) is -0.372. The molecule has 3 amide bonds. The summed E-state index contributed by atoms with van der Waals surface area (Å²) in [6.07, 6.45) is 1.78. The fourth-order valence-electron chi connectivity index (χ4n) is 4.47. The summed E-state index contributed by atoms with van der Waals surface area (Å²) in [6, 6.07) is 14.4. The molecular weight excluding hydrogens is 552 g/mol. The fourth-order valence-corrected chi connectivity index (χ4v) is 4.47. The van der Waals surface area contributed by atoms with Crippen molar-refractivity contribution in [3.05, 3.63) is 65.7 Å². The van der Waals surface area contributed by atoms with Crippen molar-refractivity contribution < 1.29 is 33.4 Å². The van der Waals surface area contributed by atoms with Crippen molar-refractivity contribution in [2.45, 2.75) is 70.7 Å². The van der Waals surface area contributed by atoms with Gasteiger partial charge in [0.15, 0.2) is 0 Å². The van der Waals surface area contributed by atoms with Gasteiger partial charge in [0.25, 0.3) is 0 Å². The summed E-state index contributed by atoms with van der Waals surface area (Å²) in [4.78, 5) is 50.8. The summed E-state index contributed by atoms with van der Waals surface area (Å²) in [6.45, 7) is 4.51. The van der Waals surface area contributed by atoms with Gasteiger partial charge in [0.2, 0.25) is 11.8 Å². The maximum absolute atomic E-state index is 13.5.